The van der Waals surface area contributed by atoms with Gasteiger partial charge in [0.15, 0.2) is 0 Å². The minimum Gasteiger partial charge on any atom is -0.335 e. The second kappa shape index (κ2) is 14.1. The molecule has 3 aromatic rings. The molecule has 1 fully saturated rings. The number of thiocarbonyl (C=S) groups is 1. The summed E-state index contributed by atoms with van der Waals surface area (Å²) in [5.74, 6) is -0.0810. The van der Waals surface area contributed by atoms with Crippen LogP contribution in [0.15, 0.2) is 76.6 Å². The standard InChI is InChI=1S/C33H35N3O2S4/c1-4-7-21-35-30(37)25(40-32(35)29-31(38)36(22-8-5-2)33(39)42-29)19-20-26-34(6-3)27(23-15-11-9-12-16-23)28(41-26)24-17-13-10-14-18-24/h9-20H,4-8,21-22H2,1-3H3/b25-19?,26-20+,32-29?. The van der Waals surface area contributed by atoms with Gasteiger partial charge in [0.2, 0.25) is 0 Å². The molecule has 5 rings (SSSR count). The lowest BCUT2D eigenvalue weighted by Crippen LogP contribution is -2.34. The third kappa shape index (κ3) is 6.25. The highest BCUT2D eigenvalue weighted by molar-refractivity contribution is 8.30. The third-order valence-corrected chi connectivity index (χ3v) is 11.1. The van der Waals surface area contributed by atoms with Crippen LogP contribution in [0.2, 0.25) is 0 Å². The number of thiazole rings is 1. The predicted molar refractivity (Wildman–Crippen MR) is 185 cm³/mol. The van der Waals surface area contributed by atoms with Gasteiger partial charge >= 0.3 is 0 Å². The van der Waals surface area contributed by atoms with Crippen LogP contribution in [0.1, 0.15) is 57.6 Å². The highest BCUT2D eigenvalue weighted by Crippen LogP contribution is 2.50. The zero-order valence-corrected chi connectivity index (χ0v) is 27.4. The Labute approximate surface area is 265 Å². The summed E-state index contributed by atoms with van der Waals surface area (Å²) < 4.78 is 3.70. The molecule has 9 heteroatoms. The fourth-order valence-corrected chi connectivity index (χ4v) is 8.74. The van der Waals surface area contributed by atoms with Crippen LogP contribution >= 0.6 is 47.1 Å². The number of thioether (sulfide) groups is 2. The molecule has 0 radical (unpaired) electrons. The molecule has 0 atom stereocenters. The highest BCUT2D eigenvalue weighted by atomic mass is 32.2. The van der Waals surface area contributed by atoms with E-state index < -0.39 is 0 Å². The zero-order chi connectivity index (χ0) is 29.6. The number of unbranched alkanes of at least 4 members (excludes halogenated alkanes) is 2. The van der Waals surface area contributed by atoms with Crippen LogP contribution in [0.25, 0.3) is 21.6 Å². The fraction of sp³-hybridized carbons (Fsp3) is 0.303. The van der Waals surface area contributed by atoms with Gasteiger partial charge < -0.3 is 4.90 Å². The number of aromatic nitrogens is 1. The van der Waals surface area contributed by atoms with Gasteiger partial charge in [0.1, 0.15) is 13.9 Å². The Hall–Kier alpha value is -2.85. The summed E-state index contributed by atoms with van der Waals surface area (Å²) in [6.45, 7) is 8.35. The Balaban J connectivity index is 1.60. The van der Waals surface area contributed by atoms with E-state index in [2.05, 4.69) is 80.3 Å². The highest BCUT2D eigenvalue weighted by Gasteiger charge is 2.34. The minimum absolute atomic E-state index is 0.0512. The molecule has 2 aliphatic rings. The van der Waals surface area contributed by atoms with Crippen LogP contribution in [0.3, 0.4) is 0 Å². The van der Waals surface area contributed by atoms with Crippen LogP contribution in [-0.4, -0.2) is 37.7 Å². The van der Waals surface area contributed by atoms with E-state index in [4.69, 9.17) is 12.2 Å². The van der Waals surface area contributed by atoms with Gasteiger partial charge in [0.25, 0.3) is 11.5 Å². The number of rotatable bonds is 10. The van der Waals surface area contributed by atoms with Crippen LogP contribution in [-0.2, 0) is 11.3 Å². The smallest absolute Gasteiger partial charge is 0.269 e. The lowest BCUT2D eigenvalue weighted by molar-refractivity contribution is -0.120. The number of nitrogens with zero attached hydrogens (tertiary/aromatic N) is 3. The molecule has 0 unspecified atom stereocenters. The molecule has 218 valence electrons. The number of hydrogen-bond donors (Lipinski definition) is 0. The number of carbonyl (C=O) groups is 1. The summed E-state index contributed by atoms with van der Waals surface area (Å²) in [5, 5.41) is 1.07. The quantitative estimate of drug-likeness (QED) is 0.232. The first kappa shape index (κ1) is 30.6. The Kier molecular flexibility index (Phi) is 10.3. The molecule has 5 nitrogen and oxygen atoms in total. The van der Waals surface area contributed by atoms with E-state index in [9.17, 15) is 9.59 Å². The predicted octanol–water partition coefficient (Wildman–Crippen LogP) is 6.70. The molecule has 42 heavy (non-hydrogen) atoms. The average molecular weight is 634 g/mol. The molecule has 2 aromatic carbocycles. The van der Waals surface area contributed by atoms with Gasteiger partial charge in [-0.05, 0) is 43.0 Å². The molecule has 0 N–H and O–H groups in total. The van der Waals surface area contributed by atoms with Crippen molar-refractivity contribution in [3.05, 3.63) is 102 Å². The summed E-state index contributed by atoms with van der Waals surface area (Å²) in [7, 11) is 0. The number of benzene rings is 2. The normalized spacial score (nSPS) is 18.4. The van der Waals surface area contributed by atoms with Gasteiger partial charge in [0.05, 0.1) is 15.3 Å². The monoisotopic (exact) mass is 633 g/mol. The Morgan fingerprint density at radius 2 is 1.40 bits per heavy atom. The maximum Gasteiger partial charge on any atom is 0.269 e. The molecule has 1 saturated heterocycles. The maximum absolute atomic E-state index is 13.7. The molecule has 0 bridgehead atoms. The lowest BCUT2D eigenvalue weighted by Gasteiger charge is -2.21. The van der Waals surface area contributed by atoms with Crippen molar-refractivity contribution in [3.8, 4) is 0 Å². The van der Waals surface area contributed by atoms with Gasteiger partial charge in [-0.3, -0.25) is 19.1 Å². The van der Waals surface area contributed by atoms with Crippen molar-refractivity contribution >= 4 is 78.9 Å². The molecule has 1 amide bonds. The SMILES string of the molecule is CCCCN1C(=O)C(=c2sc(=C/C=C3/SC(c4ccccc4)=C(c4ccccc4)N3CC)c(=O)n2CCCC)SC1=S. The molecular weight excluding hydrogens is 599 g/mol. The van der Waals surface area contributed by atoms with Crippen molar-refractivity contribution in [2.75, 3.05) is 13.1 Å². The first-order valence-corrected chi connectivity index (χ1v) is 17.3. The second-order valence-electron chi connectivity index (χ2n) is 10.0. The number of amides is 1. The van der Waals surface area contributed by atoms with Crippen LogP contribution in [0.4, 0.5) is 0 Å². The van der Waals surface area contributed by atoms with Crippen LogP contribution in [0, 0.1) is 0 Å². The molecule has 0 spiro atoms. The van der Waals surface area contributed by atoms with Gasteiger partial charge in [-0.1, -0.05) is 123 Å². The Morgan fingerprint density at radius 3 is 2.05 bits per heavy atom. The molecule has 3 heterocycles. The van der Waals surface area contributed by atoms with E-state index in [-0.39, 0.29) is 11.5 Å². The summed E-state index contributed by atoms with van der Waals surface area (Å²) >= 11 is 10.0. The summed E-state index contributed by atoms with van der Waals surface area (Å²) in [6.07, 6.45) is 7.69. The van der Waals surface area contributed by atoms with Gasteiger partial charge in [-0.25, -0.2) is 0 Å². The van der Waals surface area contributed by atoms with Crippen LogP contribution in [0.5, 0.6) is 0 Å². The van der Waals surface area contributed by atoms with Crippen molar-refractivity contribution in [1.29, 1.82) is 0 Å². The van der Waals surface area contributed by atoms with Crippen molar-refractivity contribution in [3.63, 3.8) is 0 Å². The Bertz CT molecular complexity index is 1700. The summed E-state index contributed by atoms with van der Waals surface area (Å²) in [6, 6.07) is 20.9. The van der Waals surface area contributed by atoms with E-state index in [1.165, 1.54) is 39.3 Å². The number of allylic oxidation sites excluding steroid dienone is 1. The molecule has 0 saturated carbocycles. The third-order valence-electron chi connectivity index (χ3n) is 7.16. The molecular formula is C33H35N3O2S4. The van der Waals surface area contributed by atoms with Gasteiger partial charge in [0, 0.05) is 24.5 Å². The number of carbonyl (C=O) groups excluding carboxylic acids is 1. The van der Waals surface area contributed by atoms with Gasteiger partial charge in [-0.2, -0.15) is 0 Å². The first-order valence-electron chi connectivity index (χ1n) is 14.5. The zero-order valence-electron chi connectivity index (χ0n) is 24.2. The van der Waals surface area contributed by atoms with E-state index in [1.807, 2.05) is 18.2 Å². The van der Waals surface area contributed by atoms with Crippen molar-refractivity contribution in [2.24, 2.45) is 0 Å². The average Bonchev–Trinajstić information content (AvgIpc) is 3.64. The molecule has 1 aromatic heterocycles. The number of hydrogen-bond acceptors (Lipinski definition) is 7. The second-order valence-corrected chi connectivity index (χ2v) is 13.7. The first-order chi connectivity index (χ1) is 20.5. The molecule has 2 aliphatic heterocycles. The van der Waals surface area contributed by atoms with E-state index in [0.717, 1.165) is 42.8 Å². The van der Waals surface area contributed by atoms with E-state index >= 15 is 0 Å². The van der Waals surface area contributed by atoms with Crippen LogP contribution < -0.4 is 14.8 Å². The van der Waals surface area contributed by atoms with Crippen molar-refractivity contribution < 1.29 is 4.79 Å². The lowest BCUT2D eigenvalue weighted by atomic mass is 10.1. The van der Waals surface area contributed by atoms with Gasteiger partial charge in [-0.15, -0.1) is 11.3 Å². The Morgan fingerprint density at radius 1 is 0.762 bits per heavy atom. The largest absolute Gasteiger partial charge is 0.335 e. The van der Waals surface area contributed by atoms with Crippen molar-refractivity contribution in [1.82, 2.24) is 14.4 Å². The van der Waals surface area contributed by atoms with E-state index in [1.54, 1.807) is 21.2 Å². The van der Waals surface area contributed by atoms with Crippen molar-refractivity contribution in [2.45, 2.75) is 53.0 Å². The minimum atomic E-state index is -0.0810. The summed E-state index contributed by atoms with van der Waals surface area (Å²) in [5.41, 5.74) is 3.45. The summed E-state index contributed by atoms with van der Waals surface area (Å²) in [4.78, 5) is 32.9. The van der Waals surface area contributed by atoms with E-state index in [0.29, 0.717) is 31.5 Å². The fourth-order valence-electron chi connectivity index (χ4n) is 4.95. The molecule has 0 aliphatic carbocycles. The topological polar surface area (TPSA) is 45.6 Å². The maximum atomic E-state index is 13.7.